The molecule has 0 unspecified atom stereocenters. The van der Waals surface area contributed by atoms with Gasteiger partial charge in [-0.25, -0.2) is 0 Å². The van der Waals surface area contributed by atoms with E-state index in [0.717, 1.165) is 89.1 Å². The molecule has 10 heteroatoms. The van der Waals surface area contributed by atoms with E-state index in [1.807, 2.05) is 54.6 Å². The van der Waals surface area contributed by atoms with E-state index < -0.39 is 0 Å². The minimum Gasteiger partial charge on any atom is -0.456 e. The molecule has 1 aliphatic carbocycles. The topological polar surface area (TPSA) is 133 Å². The lowest BCUT2D eigenvalue weighted by molar-refractivity contribution is 0.385. The minimum absolute atomic E-state index is 0. The van der Waals surface area contributed by atoms with E-state index in [1.165, 1.54) is 105 Å². The summed E-state index contributed by atoms with van der Waals surface area (Å²) >= 11 is 3.46. The van der Waals surface area contributed by atoms with Gasteiger partial charge < -0.3 is 43.8 Å². The number of nitrogens with two attached hydrogens (primary N) is 2. The zero-order valence-corrected chi connectivity index (χ0v) is 49.4. The summed E-state index contributed by atoms with van der Waals surface area (Å²) in [4.78, 5) is 7.02. The maximum atomic E-state index is 6.18. The van der Waals surface area contributed by atoms with Crippen LogP contribution in [0.15, 0.2) is 266 Å². The summed E-state index contributed by atoms with van der Waals surface area (Å²) in [5.41, 5.74) is 28.6. The van der Waals surface area contributed by atoms with Gasteiger partial charge in [0.25, 0.3) is 0 Å². The van der Waals surface area contributed by atoms with Crippen LogP contribution >= 0.6 is 15.9 Å². The highest BCUT2D eigenvalue weighted by Gasteiger charge is 2.22. The van der Waals surface area contributed by atoms with Crippen molar-refractivity contribution in [2.45, 2.75) is 52.6 Å². The number of benzene rings is 12. The molecule has 0 amide bonds. The Morgan fingerprint density at radius 2 is 0.656 bits per heavy atom. The standard InChI is InChI=1S/C42H24N2O2.C18H12N2.C12H7BrO.C6H14N2.2CH4/c1-5-13-33-29(11-1)41-35(43(33)25-17-21-39-31(23-25)27-9-3-7-15-37(27)45-39)19-20-36-42(41)30-12-2-6-14-34(30)44(36)26-18-22-40-32(24-26)28-10-4-8-16-38(28)46-40;1-3-7-13-11(5-1)17-15(19-13)9-10-16-18(17)12-6-2-4-8-14(12)20-16;13-8-5-6-12-10(7-8)9-3-1-2-4-11(9)14-12;7-5-3-1-2-4-6(5)8;;/h1-24H;1-10,19-20H;1-7H;5-6H,1-4,7-8H2;2*1H4/t;;;5-,6-;;/m...1../s1. The summed E-state index contributed by atoms with van der Waals surface area (Å²) in [5.74, 6) is 0. The molecule has 20 rings (SSSR count). The van der Waals surface area contributed by atoms with Crippen molar-refractivity contribution < 1.29 is 13.3 Å². The number of H-pyrrole nitrogens is 2. The van der Waals surface area contributed by atoms with Crippen molar-refractivity contribution in [3.05, 3.63) is 253 Å². The lowest BCUT2D eigenvalue weighted by Gasteiger charge is -2.24. The van der Waals surface area contributed by atoms with Crippen LogP contribution in [0.3, 0.4) is 0 Å². The van der Waals surface area contributed by atoms with Crippen LogP contribution in [0.4, 0.5) is 0 Å². The molecule has 7 aromatic heterocycles. The van der Waals surface area contributed by atoms with Gasteiger partial charge in [0.05, 0.1) is 22.1 Å². The van der Waals surface area contributed by atoms with Crippen molar-refractivity contribution in [1.82, 2.24) is 19.1 Å². The second-order valence-electron chi connectivity index (χ2n) is 23.2. The fourth-order valence-corrected chi connectivity index (χ4v) is 14.3. The predicted octanol–water partition coefficient (Wildman–Crippen LogP) is 22.5. The van der Waals surface area contributed by atoms with Gasteiger partial charge in [-0.15, -0.1) is 0 Å². The molecule has 0 aliphatic heterocycles. The number of aromatic nitrogens is 4. The van der Waals surface area contributed by atoms with Gasteiger partial charge in [0.15, 0.2) is 0 Å². The smallest absolute Gasteiger partial charge is 0.135 e. The minimum atomic E-state index is 0. The number of rotatable bonds is 2. The van der Waals surface area contributed by atoms with Gasteiger partial charge in [-0.3, -0.25) is 0 Å². The Labute approximate surface area is 526 Å². The third-order valence-electron chi connectivity index (χ3n) is 18.1. The highest BCUT2D eigenvalue weighted by atomic mass is 79.9. The summed E-state index contributed by atoms with van der Waals surface area (Å²) < 4.78 is 23.9. The molecule has 7 heterocycles. The van der Waals surface area contributed by atoms with Crippen LogP contribution in [-0.4, -0.2) is 31.2 Å². The molecular formula is C80H65BrN6O3. The molecule has 6 N–H and O–H groups in total. The number of fused-ring (bicyclic) bond motifs is 23. The van der Waals surface area contributed by atoms with Crippen molar-refractivity contribution in [2.24, 2.45) is 11.5 Å². The maximum absolute atomic E-state index is 6.18. The van der Waals surface area contributed by atoms with Crippen LogP contribution in [0.25, 0.3) is 164 Å². The first kappa shape index (κ1) is 56.2. The largest absolute Gasteiger partial charge is 0.456 e. The van der Waals surface area contributed by atoms with E-state index >= 15 is 0 Å². The summed E-state index contributed by atoms with van der Waals surface area (Å²) in [6.45, 7) is 0. The number of halogens is 1. The van der Waals surface area contributed by atoms with Gasteiger partial charge in [-0.1, -0.05) is 171 Å². The summed E-state index contributed by atoms with van der Waals surface area (Å²) in [7, 11) is 0. The molecule has 0 bridgehead atoms. The van der Waals surface area contributed by atoms with Crippen LogP contribution in [0, 0.1) is 0 Å². The quantitative estimate of drug-likeness (QED) is 0.137. The van der Waals surface area contributed by atoms with E-state index in [1.54, 1.807) is 0 Å². The maximum Gasteiger partial charge on any atom is 0.135 e. The number of furan rings is 3. The number of nitrogens with one attached hydrogen (secondary N) is 2. The average molecular weight is 1240 g/mol. The molecule has 1 saturated carbocycles. The van der Waals surface area contributed by atoms with Crippen molar-refractivity contribution in [1.29, 1.82) is 0 Å². The third kappa shape index (κ3) is 9.20. The van der Waals surface area contributed by atoms with Crippen LogP contribution in [0.2, 0.25) is 0 Å². The zero-order valence-electron chi connectivity index (χ0n) is 47.8. The van der Waals surface area contributed by atoms with Crippen LogP contribution < -0.4 is 11.5 Å². The second kappa shape index (κ2) is 22.7. The molecule has 1 aliphatic rings. The predicted molar refractivity (Wildman–Crippen MR) is 384 cm³/mol. The average Bonchev–Trinajstić information content (AvgIpc) is 1.56. The first-order valence-corrected chi connectivity index (χ1v) is 30.9. The van der Waals surface area contributed by atoms with E-state index in [4.69, 9.17) is 24.7 Å². The van der Waals surface area contributed by atoms with E-state index in [0.29, 0.717) is 0 Å². The molecule has 0 radical (unpaired) electrons. The number of aromatic amines is 2. The van der Waals surface area contributed by atoms with E-state index in [9.17, 15) is 0 Å². The molecule has 440 valence electrons. The Bertz CT molecular complexity index is 5620. The summed E-state index contributed by atoms with van der Waals surface area (Å²) in [5, 5.41) is 17.0. The lowest BCUT2D eigenvalue weighted by Crippen LogP contribution is -2.43. The Hall–Kier alpha value is -10.4. The molecule has 2 atom stereocenters. The monoisotopic (exact) mass is 1240 g/mol. The molecule has 19 aromatic rings. The Kier molecular flexibility index (Phi) is 14.1. The highest BCUT2D eigenvalue weighted by Crippen LogP contribution is 2.44. The number of hydrogen-bond donors (Lipinski definition) is 4. The third-order valence-corrected chi connectivity index (χ3v) is 18.6. The van der Waals surface area contributed by atoms with E-state index in [2.05, 4.69) is 229 Å². The SMILES string of the molecule is Brc1ccc2oc3ccccc3c2c1.C.C.N[C@@H]1CCCC[C@H]1N.c1ccc2c(c1)[nH]c1ccc3[nH]c4ccccc4c3c12.c1ccc2c(c1)oc1ccc(-n3c4ccccc4c4c5c6ccccc6n(-c6ccc7oc8ccccc8c7c6)c5ccc43)cc12. The molecule has 0 saturated heterocycles. The molecule has 90 heavy (non-hydrogen) atoms. The van der Waals surface area contributed by atoms with Crippen LogP contribution in [-0.2, 0) is 0 Å². The number of nitrogens with zero attached hydrogens (tertiary/aromatic N) is 2. The van der Waals surface area contributed by atoms with Gasteiger partial charge in [0.1, 0.15) is 33.5 Å². The lowest BCUT2D eigenvalue weighted by atomic mass is 9.92. The fraction of sp³-hybridized carbons (Fsp3) is 0.100. The zero-order chi connectivity index (χ0) is 58.6. The first-order chi connectivity index (χ1) is 43.4. The van der Waals surface area contributed by atoms with Crippen molar-refractivity contribution in [2.75, 3.05) is 0 Å². The van der Waals surface area contributed by atoms with Crippen molar-refractivity contribution in [3.63, 3.8) is 0 Å². The highest BCUT2D eigenvalue weighted by molar-refractivity contribution is 9.10. The molecule has 1 fully saturated rings. The fourth-order valence-electron chi connectivity index (χ4n) is 13.9. The number of hydrogen-bond acceptors (Lipinski definition) is 5. The van der Waals surface area contributed by atoms with Gasteiger partial charge in [-0.2, -0.15) is 0 Å². The Morgan fingerprint density at radius 1 is 0.311 bits per heavy atom. The van der Waals surface area contributed by atoms with Gasteiger partial charge in [0.2, 0.25) is 0 Å². The molecule has 0 spiro atoms. The van der Waals surface area contributed by atoms with Crippen molar-refractivity contribution >= 4 is 169 Å². The van der Waals surface area contributed by atoms with Crippen molar-refractivity contribution in [3.8, 4) is 11.4 Å². The molecular weight excluding hydrogens is 1170 g/mol. The summed E-state index contributed by atoms with van der Waals surface area (Å²) in [6.07, 6.45) is 4.80. The van der Waals surface area contributed by atoms with Crippen LogP contribution in [0.5, 0.6) is 0 Å². The first-order valence-electron chi connectivity index (χ1n) is 30.1. The van der Waals surface area contributed by atoms with Crippen LogP contribution in [0.1, 0.15) is 40.5 Å². The second-order valence-corrected chi connectivity index (χ2v) is 24.1. The summed E-state index contributed by atoms with van der Waals surface area (Å²) in [6, 6.07) is 87.8. The molecule has 12 aromatic carbocycles. The Balaban J connectivity index is 0.000000125. The molecule has 9 nitrogen and oxygen atoms in total. The number of para-hydroxylation sites is 7. The Morgan fingerprint density at radius 3 is 1.08 bits per heavy atom. The van der Waals surface area contributed by atoms with Gasteiger partial charge in [0, 0.05) is 125 Å². The van der Waals surface area contributed by atoms with Gasteiger partial charge >= 0.3 is 0 Å². The van der Waals surface area contributed by atoms with Gasteiger partial charge in [-0.05, 0) is 134 Å². The van der Waals surface area contributed by atoms with E-state index in [-0.39, 0.29) is 26.9 Å². The normalized spacial score (nSPS) is 14.3.